The van der Waals surface area contributed by atoms with Crippen molar-refractivity contribution in [3.8, 4) is 11.5 Å². The lowest BCUT2D eigenvalue weighted by Crippen LogP contribution is -2.38. The van der Waals surface area contributed by atoms with Gasteiger partial charge in [0.15, 0.2) is 23.3 Å². The van der Waals surface area contributed by atoms with Gasteiger partial charge in [0.1, 0.15) is 0 Å². The summed E-state index contributed by atoms with van der Waals surface area (Å²) in [5.41, 5.74) is 1.18. The van der Waals surface area contributed by atoms with Crippen LogP contribution in [-0.2, 0) is 12.8 Å². The molecule has 1 aromatic carbocycles. The van der Waals surface area contributed by atoms with Gasteiger partial charge in [-0.25, -0.2) is 0 Å². The molecule has 0 aliphatic rings. The highest BCUT2D eigenvalue weighted by atomic mass is 16.5. The van der Waals surface area contributed by atoms with Gasteiger partial charge < -0.3 is 24.6 Å². The number of ether oxygens (including phenoxy) is 2. The van der Waals surface area contributed by atoms with Crippen molar-refractivity contribution >= 4 is 5.96 Å². The number of hydrogen-bond donors (Lipinski definition) is 2. The second kappa shape index (κ2) is 11.8. The van der Waals surface area contributed by atoms with E-state index < -0.39 is 0 Å². The molecule has 0 amide bonds. The quantitative estimate of drug-likeness (QED) is 0.450. The summed E-state index contributed by atoms with van der Waals surface area (Å²) in [5, 5.41) is 10.4. The Labute approximate surface area is 166 Å². The fraction of sp³-hybridized carbons (Fsp3) is 0.550. The first-order valence-electron chi connectivity index (χ1n) is 9.86. The molecule has 2 rings (SSSR count). The van der Waals surface area contributed by atoms with Gasteiger partial charge >= 0.3 is 0 Å². The Morgan fingerprint density at radius 3 is 2.54 bits per heavy atom. The van der Waals surface area contributed by atoms with Crippen molar-refractivity contribution < 1.29 is 14.0 Å². The third kappa shape index (κ3) is 7.09. The number of aryl methyl sites for hydroxylation is 1. The number of nitrogens with one attached hydrogen (secondary N) is 2. The van der Waals surface area contributed by atoms with Crippen LogP contribution in [0.25, 0.3) is 0 Å². The highest BCUT2D eigenvalue weighted by Gasteiger charge is 2.07. The molecule has 0 aliphatic carbocycles. The molecule has 0 bridgehead atoms. The number of nitrogens with zero attached hydrogens (tertiary/aromatic N) is 3. The third-order valence-electron chi connectivity index (χ3n) is 3.82. The van der Waals surface area contributed by atoms with Crippen molar-refractivity contribution in [3.63, 3.8) is 0 Å². The number of hydrogen-bond acceptors (Lipinski definition) is 6. The molecular formula is C20H31N5O3. The Bertz CT molecular complexity index is 745. The molecule has 0 atom stereocenters. The van der Waals surface area contributed by atoms with Crippen LogP contribution in [0, 0.1) is 6.92 Å². The molecule has 8 heteroatoms. The SMILES string of the molecule is CCNC(=NCCc1nc(C)no1)NCCc1ccc(OCC)c(OCC)c1. The smallest absolute Gasteiger partial charge is 0.228 e. The molecule has 28 heavy (non-hydrogen) atoms. The van der Waals surface area contributed by atoms with Crippen molar-refractivity contribution in [1.29, 1.82) is 0 Å². The van der Waals surface area contributed by atoms with Crippen molar-refractivity contribution in [2.24, 2.45) is 4.99 Å². The molecule has 0 saturated heterocycles. The fourth-order valence-corrected chi connectivity index (χ4v) is 2.62. The second-order valence-electron chi connectivity index (χ2n) is 6.07. The highest BCUT2D eigenvalue weighted by Crippen LogP contribution is 2.28. The minimum absolute atomic E-state index is 0.578. The van der Waals surface area contributed by atoms with Crippen LogP contribution in [-0.4, -0.2) is 48.9 Å². The van der Waals surface area contributed by atoms with E-state index in [-0.39, 0.29) is 0 Å². The van der Waals surface area contributed by atoms with Gasteiger partial charge in [0.25, 0.3) is 0 Å². The standard InChI is InChI=1S/C20H31N5O3/c1-5-21-20(23-13-11-19-24-15(4)25-28-19)22-12-10-16-8-9-17(26-6-2)18(14-16)27-7-3/h8-9,14H,5-7,10-13H2,1-4H3,(H2,21,22,23). The van der Waals surface area contributed by atoms with Gasteiger partial charge in [0.2, 0.25) is 5.89 Å². The summed E-state index contributed by atoms with van der Waals surface area (Å²) in [6.07, 6.45) is 1.47. The van der Waals surface area contributed by atoms with Gasteiger partial charge in [-0.15, -0.1) is 0 Å². The molecule has 0 saturated carbocycles. The van der Waals surface area contributed by atoms with Crippen molar-refractivity contribution in [3.05, 3.63) is 35.5 Å². The van der Waals surface area contributed by atoms with Gasteiger partial charge in [-0.05, 0) is 51.8 Å². The van der Waals surface area contributed by atoms with Gasteiger partial charge in [-0.3, -0.25) is 4.99 Å². The third-order valence-corrected chi connectivity index (χ3v) is 3.82. The average molecular weight is 390 g/mol. The van der Waals surface area contributed by atoms with Crippen LogP contribution in [0.2, 0.25) is 0 Å². The van der Waals surface area contributed by atoms with E-state index in [1.54, 1.807) is 6.92 Å². The maximum absolute atomic E-state index is 5.69. The van der Waals surface area contributed by atoms with Crippen LogP contribution < -0.4 is 20.1 Å². The average Bonchev–Trinajstić information content (AvgIpc) is 3.09. The number of aliphatic imine (C=N–C) groups is 1. The lowest BCUT2D eigenvalue weighted by Gasteiger charge is -2.14. The lowest BCUT2D eigenvalue weighted by atomic mass is 10.1. The molecule has 2 aromatic rings. The fourth-order valence-electron chi connectivity index (χ4n) is 2.62. The molecular weight excluding hydrogens is 358 g/mol. The Morgan fingerprint density at radius 2 is 1.86 bits per heavy atom. The van der Waals surface area contributed by atoms with Gasteiger partial charge in [0, 0.05) is 19.5 Å². The molecule has 0 radical (unpaired) electrons. The molecule has 1 heterocycles. The molecule has 8 nitrogen and oxygen atoms in total. The van der Waals surface area contributed by atoms with E-state index in [4.69, 9.17) is 14.0 Å². The minimum atomic E-state index is 0.578. The number of aromatic nitrogens is 2. The van der Waals surface area contributed by atoms with Gasteiger partial charge in [-0.1, -0.05) is 11.2 Å². The Morgan fingerprint density at radius 1 is 1.07 bits per heavy atom. The highest BCUT2D eigenvalue weighted by molar-refractivity contribution is 5.79. The summed E-state index contributed by atoms with van der Waals surface area (Å²) >= 11 is 0. The second-order valence-corrected chi connectivity index (χ2v) is 6.07. The zero-order chi connectivity index (χ0) is 20.2. The van der Waals surface area contributed by atoms with Gasteiger partial charge in [0.05, 0.1) is 19.8 Å². The van der Waals surface area contributed by atoms with Crippen LogP contribution in [0.5, 0.6) is 11.5 Å². The van der Waals surface area contributed by atoms with Crippen LogP contribution in [0.4, 0.5) is 0 Å². The first kappa shape index (κ1) is 21.5. The normalized spacial score (nSPS) is 11.4. The van der Waals surface area contributed by atoms with Crippen molar-refractivity contribution in [2.45, 2.75) is 40.5 Å². The zero-order valence-electron chi connectivity index (χ0n) is 17.2. The number of guanidine groups is 1. The number of rotatable bonds is 11. The lowest BCUT2D eigenvalue weighted by molar-refractivity contribution is 0.287. The Balaban J connectivity index is 1.87. The maximum Gasteiger partial charge on any atom is 0.228 e. The molecule has 154 valence electrons. The molecule has 0 fully saturated rings. The van der Waals surface area contributed by atoms with E-state index in [0.29, 0.717) is 37.9 Å². The zero-order valence-corrected chi connectivity index (χ0v) is 17.2. The molecule has 0 spiro atoms. The van der Waals surface area contributed by atoms with Gasteiger partial charge in [-0.2, -0.15) is 4.98 Å². The summed E-state index contributed by atoms with van der Waals surface area (Å²) in [4.78, 5) is 8.75. The molecule has 2 N–H and O–H groups in total. The largest absolute Gasteiger partial charge is 0.490 e. The van der Waals surface area contributed by atoms with E-state index in [1.807, 2.05) is 32.9 Å². The van der Waals surface area contributed by atoms with E-state index >= 15 is 0 Å². The topological polar surface area (TPSA) is 93.8 Å². The predicted molar refractivity (Wildman–Crippen MR) is 109 cm³/mol. The van der Waals surface area contributed by atoms with Crippen molar-refractivity contribution in [2.75, 3.05) is 32.8 Å². The van der Waals surface area contributed by atoms with Crippen molar-refractivity contribution in [1.82, 2.24) is 20.8 Å². The molecule has 0 unspecified atom stereocenters. The van der Waals surface area contributed by atoms with Crippen LogP contribution in [0.1, 0.15) is 38.0 Å². The Kier molecular flexibility index (Phi) is 9.10. The monoisotopic (exact) mass is 389 g/mol. The van der Waals surface area contributed by atoms with E-state index in [9.17, 15) is 0 Å². The van der Waals surface area contributed by atoms with Crippen LogP contribution in [0.3, 0.4) is 0 Å². The summed E-state index contributed by atoms with van der Waals surface area (Å²) in [7, 11) is 0. The maximum atomic E-state index is 5.69. The summed E-state index contributed by atoms with van der Waals surface area (Å²) in [5.74, 6) is 3.60. The van der Waals surface area contributed by atoms with E-state index in [2.05, 4.69) is 31.8 Å². The molecule has 0 aliphatic heterocycles. The van der Waals surface area contributed by atoms with Crippen LogP contribution >= 0.6 is 0 Å². The molecule has 1 aromatic heterocycles. The van der Waals surface area contributed by atoms with E-state index in [0.717, 1.165) is 37.0 Å². The first-order valence-corrected chi connectivity index (χ1v) is 9.86. The summed E-state index contributed by atoms with van der Waals surface area (Å²) < 4.78 is 16.4. The van der Waals surface area contributed by atoms with E-state index in [1.165, 1.54) is 5.56 Å². The van der Waals surface area contributed by atoms with Crippen LogP contribution in [0.15, 0.2) is 27.7 Å². The first-order chi connectivity index (χ1) is 13.7. The number of benzene rings is 1. The summed E-state index contributed by atoms with van der Waals surface area (Å²) in [6.45, 7) is 11.1. The summed E-state index contributed by atoms with van der Waals surface area (Å²) in [6, 6.07) is 6.07. The Hall–Kier alpha value is -2.77. The predicted octanol–water partition coefficient (Wildman–Crippen LogP) is 2.52. The minimum Gasteiger partial charge on any atom is -0.490 e.